The molecule has 0 aromatic heterocycles. The third-order valence-electron chi connectivity index (χ3n) is 3.61. The molecule has 4 nitrogen and oxygen atoms in total. The Morgan fingerprint density at radius 2 is 2.12 bits per heavy atom. The minimum Gasteiger partial charge on any atom is -0.480 e. The zero-order chi connectivity index (χ0) is 12.3. The van der Waals surface area contributed by atoms with Gasteiger partial charge in [-0.2, -0.15) is 0 Å². The fourth-order valence-electron chi connectivity index (χ4n) is 2.37. The van der Waals surface area contributed by atoms with Gasteiger partial charge in [-0.25, -0.2) is 4.79 Å². The fourth-order valence-corrected chi connectivity index (χ4v) is 2.37. The summed E-state index contributed by atoms with van der Waals surface area (Å²) in [4.78, 5) is 23.9. The van der Waals surface area contributed by atoms with Gasteiger partial charge in [0, 0.05) is 6.04 Å². The number of carbonyl (C=O) groups is 2. The molecule has 16 heavy (non-hydrogen) atoms. The molecule has 1 aliphatic rings. The van der Waals surface area contributed by atoms with Crippen LogP contribution in [0.3, 0.4) is 0 Å². The van der Waals surface area contributed by atoms with E-state index >= 15 is 0 Å². The summed E-state index contributed by atoms with van der Waals surface area (Å²) in [5.41, 5.74) is -1.05. The lowest BCUT2D eigenvalue weighted by molar-refractivity contribution is -0.157. The van der Waals surface area contributed by atoms with Gasteiger partial charge in [0.25, 0.3) is 0 Å². The molecular formula is C12H21NO3. The lowest BCUT2D eigenvalue weighted by Gasteiger charge is -2.42. The Hall–Kier alpha value is -1.06. The van der Waals surface area contributed by atoms with Crippen LogP contribution in [0, 0.1) is 5.92 Å². The van der Waals surface area contributed by atoms with Gasteiger partial charge in [0.1, 0.15) is 5.54 Å². The lowest BCUT2D eigenvalue weighted by Crippen LogP contribution is -2.56. The highest BCUT2D eigenvalue weighted by Gasteiger charge is 2.43. The van der Waals surface area contributed by atoms with Crippen molar-refractivity contribution in [2.45, 2.75) is 58.0 Å². The van der Waals surface area contributed by atoms with E-state index < -0.39 is 11.5 Å². The molecule has 1 fully saturated rings. The molecule has 1 rings (SSSR count). The quantitative estimate of drug-likeness (QED) is 0.705. The van der Waals surface area contributed by atoms with E-state index in [-0.39, 0.29) is 6.04 Å². The second kappa shape index (κ2) is 4.85. The van der Waals surface area contributed by atoms with Gasteiger partial charge in [-0.15, -0.1) is 0 Å². The third kappa shape index (κ3) is 2.36. The van der Waals surface area contributed by atoms with Crippen LogP contribution in [-0.4, -0.2) is 34.0 Å². The van der Waals surface area contributed by atoms with Crippen molar-refractivity contribution in [1.29, 1.82) is 0 Å². The van der Waals surface area contributed by atoms with Gasteiger partial charge in [-0.05, 0) is 33.1 Å². The minimum absolute atomic E-state index is 0.0846. The van der Waals surface area contributed by atoms with E-state index in [1.165, 1.54) is 11.3 Å². The van der Waals surface area contributed by atoms with E-state index in [4.69, 9.17) is 0 Å². The van der Waals surface area contributed by atoms with Crippen LogP contribution < -0.4 is 0 Å². The van der Waals surface area contributed by atoms with Crippen molar-refractivity contribution in [2.75, 3.05) is 0 Å². The molecule has 0 aromatic rings. The first-order valence-corrected chi connectivity index (χ1v) is 5.89. The van der Waals surface area contributed by atoms with Crippen LogP contribution in [0.25, 0.3) is 0 Å². The summed E-state index contributed by atoms with van der Waals surface area (Å²) in [6.45, 7) is 5.34. The van der Waals surface area contributed by atoms with E-state index in [0.29, 0.717) is 18.7 Å². The van der Waals surface area contributed by atoms with Gasteiger partial charge in [-0.3, -0.25) is 4.79 Å². The molecule has 1 atom stereocenters. The van der Waals surface area contributed by atoms with Crippen LogP contribution in [0.4, 0.5) is 0 Å². The normalized spacial score (nSPS) is 20.0. The molecule has 0 aromatic carbocycles. The molecular weight excluding hydrogens is 206 g/mol. The summed E-state index contributed by atoms with van der Waals surface area (Å²) in [5, 5.41) is 9.35. The second-order valence-electron chi connectivity index (χ2n) is 5.19. The zero-order valence-corrected chi connectivity index (χ0v) is 10.3. The molecule has 4 heteroatoms. The Morgan fingerprint density at radius 1 is 1.56 bits per heavy atom. The van der Waals surface area contributed by atoms with E-state index in [1.54, 1.807) is 6.92 Å². The molecule has 1 N–H and O–H groups in total. The Morgan fingerprint density at radius 3 is 2.38 bits per heavy atom. The van der Waals surface area contributed by atoms with Gasteiger partial charge < -0.3 is 10.0 Å². The van der Waals surface area contributed by atoms with Crippen molar-refractivity contribution in [3.63, 3.8) is 0 Å². The van der Waals surface area contributed by atoms with Gasteiger partial charge in [-0.1, -0.05) is 19.3 Å². The number of amides is 1. The SMILES string of the molecule is CC(C)N(C=O)C(C)(CC1CCC1)C(=O)O. The number of carboxylic acids is 1. The number of hydrogen-bond donors (Lipinski definition) is 1. The first-order valence-electron chi connectivity index (χ1n) is 5.89. The molecule has 1 unspecified atom stereocenters. The number of carbonyl (C=O) groups excluding carboxylic acids is 1. The van der Waals surface area contributed by atoms with Crippen molar-refractivity contribution < 1.29 is 14.7 Å². The molecule has 0 heterocycles. The Bertz CT molecular complexity index is 273. The van der Waals surface area contributed by atoms with Crippen molar-refractivity contribution >= 4 is 12.4 Å². The average molecular weight is 227 g/mol. The Labute approximate surface area is 96.6 Å². The first kappa shape index (κ1) is 13.0. The monoisotopic (exact) mass is 227 g/mol. The summed E-state index contributed by atoms with van der Waals surface area (Å²) < 4.78 is 0. The molecule has 0 saturated heterocycles. The maximum Gasteiger partial charge on any atom is 0.329 e. The molecule has 1 aliphatic carbocycles. The summed E-state index contributed by atoms with van der Waals surface area (Å²) in [6, 6.07) is -0.0846. The van der Waals surface area contributed by atoms with E-state index in [2.05, 4.69) is 0 Å². The van der Waals surface area contributed by atoms with Crippen molar-refractivity contribution in [3.8, 4) is 0 Å². The van der Waals surface area contributed by atoms with Crippen LogP contribution >= 0.6 is 0 Å². The molecule has 0 radical (unpaired) electrons. The fraction of sp³-hybridized carbons (Fsp3) is 0.833. The smallest absolute Gasteiger partial charge is 0.329 e. The average Bonchev–Trinajstić information content (AvgIpc) is 2.11. The van der Waals surface area contributed by atoms with Crippen LogP contribution in [0.15, 0.2) is 0 Å². The van der Waals surface area contributed by atoms with Crippen molar-refractivity contribution in [3.05, 3.63) is 0 Å². The summed E-state index contributed by atoms with van der Waals surface area (Å²) in [6.07, 6.45) is 4.60. The maximum absolute atomic E-state index is 11.4. The second-order valence-corrected chi connectivity index (χ2v) is 5.19. The highest BCUT2D eigenvalue weighted by molar-refractivity contribution is 5.81. The van der Waals surface area contributed by atoms with Gasteiger partial charge in [0.2, 0.25) is 6.41 Å². The summed E-state index contributed by atoms with van der Waals surface area (Å²) >= 11 is 0. The van der Waals surface area contributed by atoms with Crippen LogP contribution in [0.5, 0.6) is 0 Å². The molecule has 0 spiro atoms. The van der Waals surface area contributed by atoms with Gasteiger partial charge in [0.05, 0.1) is 0 Å². The number of carboxylic acid groups (broad SMARTS) is 1. The van der Waals surface area contributed by atoms with E-state index in [0.717, 1.165) is 12.8 Å². The maximum atomic E-state index is 11.4. The Balaban J connectivity index is 2.83. The number of nitrogens with zero attached hydrogens (tertiary/aromatic N) is 1. The number of rotatable bonds is 6. The predicted molar refractivity (Wildman–Crippen MR) is 61.0 cm³/mol. The van der Waals surface area contributed by atoms with Crippen LogP contribution in [0.1, 0.15) is 46.5 Å². The molecule has 1 amide bonds. The largest absolute Gasteiger partial charge is 0.480 e. The molecule has 0 bridgehead atoms. The lowest BCUT2D eigenvalue weighted by atomic mass is 9.75. The molecule has 0 aliphatic heterocycles. The summed E-state index contributed by atoms with van der Waals surface area (Å²) in [5.74, 6) is -0.442. The van der Waals surface area contributed by atoms with Crippen LogP contribution in [-0.2, 0) is 9.59 Å². The first-order chi connectivity index (χ1) is 7.41. The minimum atomic E-state index is -1.05. The Kier molecular flexibility index (Phi) is 3.94. The van der Waals surface area contributed by atoms with Crippen LogP contribution in [0.2, 0.25) is 0 Å². The van der Waals surface area contributed by atoms with E-state index in [1.807, 2.05) is 13.8 Å². The van der Waals surface area contributed by atoms with Crippen molar-refractivity contribution in [1.82, 2.24) is 4.90 Å². The molecule has 1 saturated carbocycles. The number of hydrogen-bond acceptors (Lipinski definition) is 2. The van der Waals surface area contributed by atoms with Gasteiger partial charge >= 0.3 is 5.97 Å². The predicted octanol–water partition coefficient (Wildman–Crippen LogP) is 1.89. The topological polar surface area (TPSA) is 57.6 Å². The standard InChI is InChI=1S/C12H21NO3/c1-9(2)13(8-14)12(3,11(15)16)7-10-5-4-6-10/h8-10H,4-7H2,1-3H3,(H,15,16). The summed E-state index contributed by atoms with van der Waals surface area (Å²) in [7, 11) is 0. The van der Waals surface area contributed by atoms with Gasteiger partial charge in [0.15, 0.2) is 0 Å². The third-order valence-corrected chi connectivity index (χ3v) is 3.61. The zero-order valence-electron chi connectivity index (χ0n) is 10.3. The highest BCUT2D eigenvalue weighted by Crippen LogP contribution is 2.36. The number of aliphatic carboxylic acids is 1. The van der Waals surface area contributed by atoms with E-state index in [9.17, 15) is 14.7 Å². The molecule has 92 valence electrons. The highest BCUT2D eigenvalue weighted by atomic mass is 16.4. The van der Waals surface area contributed by atoms with Crippen molar-refractivity contribution in [2.24, 2.45) is 5.92 Å².